The second-order valence-corrected chi connectivity index (χ2v) is 7.62. The molecule has 3 heterocycles. The molecule has 0 radical (unpaired) electrons. The molecule has 0 saturated heterocycles. The van der Waals surface area contributed by atoms with E-state index in [-0.39, 0.29) is 5.82 Å². The predicted molar refractivity (Wildman–Crippen MR) is 116 cm³/mol. The van der Waals surface area contributed by atoms with Gasteiger partial charge in [0.25, 0.3) is 0 Å². The molecule has 5 aromatic rings. The lowest BCUT2D eigenvalue weighted by molar-refractivity contribution is 0.630. The average molecular weight is 395 g/mol. The summed E-state index contributed by atoms with van der Waals surface area (Å²) in [5, 5.41) is 5.47. The number of nitrogens with one attached hydrogen (secondary N) is 1. The standard InChI is InChI=1S/C24H18FN5/c25-20-4-2-1-3-18(20)23-28-21-8-7-17(27-16-5-6-16)13-19(21)24(29-23)30-12-10-15-14-26-11-9-22(15)30/h1-4,7-14,16,27H,5-6H2. The van der Waals surface area contributed by atoms with Crippen LogP contribution in [-0.2, 0) is 0 Å². The highest BCUT2D eigenvalue weighted by molar-refractivity contribution is 5.92. The molecule has 6 rings (SSSR count). The third-order valence-corrected chi connectivity index (χ3v) is 5.46. The van der Waals surface area contributed by atoms with Gasteiger partial charge in [-0.25, -0.2) is 14.4 Å². The van der Waals surface area contributed by atoms with Gasteiger partial charge in [0.1, 0.15) is 11.6 Å². The van der Waals surface area contributed by atoms with Gasteiger partial charge in [-0.05, 0) is 55.3 Å². The molecule has 0 amide bonds. The fourth-order valence-corrected chi connectivity index (χ4v) is 3.78. The molecule has 0 spiro atoms. The van der Waals surface area contributed by atoms with Crippen molar-refractivity contribution in [1.29, 1.82) is 0 Å². The molecule has 1 N–H and O–H groups in total. The number of aromatic nitrogens is 4. The summed E-state index contributed by atoms with van der Waals surface area (Å²) in [5.74, 6) is 0.754. The number of fused-ring (bicyclic) bond motifs is 2. The van der Waals surface area contributed by atoms with Crippen molar-refractivity contribution in [3.05, 3.63) is 79.0 Å². The van der Waals surface area contributed by atoms with Gasteiger partial charge in [-0.3, -0.25) is 4.98 Å². The maximum atomic E-state index is 14.5. The maximum Gasteiger partial charge on any atom is 0.165 e. The Morgan fingerprint density at radius 2 is 1.90 bits per heavy atom. The molecule has 3 aromatic heterocycles. The molecular formula is C24H18FN5. The Morgan fingerprint density at radius 3 is 2.77 bits per heavy atom. The maximum absolute atomic E-state index is 14.5. The normalized spacial score (nSPS) is 13.8. The number of hydrogen-bond acceptors (Lipinski definition) is 4. The average Bonchev–Trinajstić information content (AvgIpc) is 3.49. The van der Waals surface area contributed by atoms with Crippen LogP contribution in [0.1, 0.15) is 12.8 Å². The van der Waals surface area contributed by atoms with E-state index >= 15 is 0 Å². The summed E-state index contributed by atoms with van der Waals surface area (Å²) in [6.45, 7) is 0. The van der Waals surface area contributed by atoms with Gasteiger partial charge >= 0.3 is 0 Å². The molecule has 0 atom stereocenters. The predicted octanol–water partition coefficient (Wildman–Crippen LogP) is 5.35. The van der Waals surface area contributed by atoms with Gasteiger partial charge in [-0.2, -0.15) is 0 Å². The van der Waals surface area contributed by atoms with E-state index in [0.717, 1.165) is 33.3 Å². The minimum Gasteiger partial charge on any atom is -0.382 e. The van der Waals surface area contributed by atoms with Crippen LogP contribution in [0.5, 0.6) is 0 Å². The number of benzene rings is 2. The molecule has 146 valence electrons. The quantitative estimate of drug-likeness (QED) is 0.446. The third kappa shape index (κ3) is 2.88. The zero-order valence-corrected chi connectivity index (χ0v) is 16.1. The second-order valence-electron chi connectivity index (χ2n) is 7.62. The summed E-state index contributed by atoms with van der Waals surface area (Å²) >= 11 is 0. The van der Waals surface area contributed by atoms with E-state index in [1.807, 2.05) is 41.2 Å². The molecule has 1 aliphatic carbocycles. The van der Waals surface area contributed by atoms with Crippen molar-refractivity contribution >= 4 is 27.5 Å². The van der Waals surface area contributed by atoms with E-state index in [1.54, 1.807) is 24.4 Å². The number of anilines is 1. The van der Waals surface area contributed by atoms with Crippen molar-refractivity contribution in [2.75, 3.05) is 5.32 Å². The Labute approximate surface area is 172 Å². The molecule has 0 bridgehead atoms. The van der Waals surface area contributed by atoms with E-state index in [1.165, 1.54) is 18.9 Å². The molecule has 1 saturated carbocycles. The van der Waals surface area contributed by atoms with Crippen molar-refractivity contribution in [3.63, 3.8) is 0 Å². The number of nitrogens with zero attached hydrogens (tertiary/aromatic N) is 4. The number of pyridine rings is 1. The van der Waals surface area contributed by atoms with Gasteiger partial charge in [-0.15, -0.1) is 0 Å². The van der Waals surface area contributed by atoms with E-state index in [0.29, 0.717) is 17.4 Å². The molecule has 0 unspecified atom stereocenters. The molecule has 1 aliphatic rings. The minimum absolute atomic E-state index is 0.337. The largest absolute Gasteiger partial charge is 0.382 e. The Bertz CT molecular complexity index is 1400. The van der Waals surface area contributed by atoms with E-state index in [9.17, 15) is 4.39 Å². The molecule has 0 aliphatic heterocycles. The first-order valence-electron chi connectivity index (χ1n) is 10.0. The van der Waals surface area contributed by atoms with Gasteiger partial charge in [0.2, 0.25) is 0 Å². The van der Waals surface area contributed by atoms with Gasteiger partial charge in [-0.1, -0.05) is 12.1 Å². The highest BCUT2D eigenvalue weighted by Crippen LogP contribution is 2.31. The van der Waals surface area contributed by atoms with Crippen LogP contribution in [0.25, 0.3) is 39.0 Å². The number of hydrogen-bond donors (Lipinski definition) is 1. The lowest BCUT2D eigenvalue weighted by atomic mass is 10.1. The first-order valence-corrected chi connectivity index (χ1v) is 10.0. The van der Waals surface area contributed by atoms with Gasteiger partial charge in [0, 0.05) is 41.1 Å². The van der Waals surface area contributed by atoms with Gasteiger partial charge < -0.3 is 9.88 Å². The lowest BCUT2D eigenvalue weighted by Gasteiger charge is -2.13. The van der Waals surface area contributed by atoms with Crippen LogP contribution in [0.2, 0.25) is 0 Å². The third-order valence-electron chi connectivity index (χ3n) is 5.46. The minimum atomic E-state index is -0.337. The summed E-state index contributed by atoms with van der Waals surface area (Å²) in [7, 11) is 0. The molecular weight excluding hydrogens is 377 g/mol. The van der Waals surface area contributed by atoms with E-state index < -0.39 is 0 Å². The highest BCUT2D eigenvalue weighted by atomic mass is 19.1. The lowest BCUT2D eigenvalue weighted by Crippen LogP contribution is -2.04. The van der Waals surface area contributed by atoms with E-state index in [2.05, 4.69) is 21.4 Å². The molecule has 5 nitrogen and oxygen atoms in total. The van der Waals surface area contributed by atoms with Crippen LogP contribution in [0.4, 0.5) is 10.1 Å². The monoisotopic (exact) mass is 395 g/mol. The molecule has 6 heteroatoms. The summed E-state index contributed by atoms with van der Waals surface area (Å²) in [6.07, 6.45) is 7.96. The van der Waals surface area contributed by atoms with E-state index in [4.69, 9.17) is 4.98 Å². The number of halogens is 1. The Hall–Kier alpha value is -3.80. The van der Waals surface area contributed by atoms with Crippen molar-refractivity contribution in [1.82, 2.24) is 19.5 Å². The summed E-state index contributed by atoms with van der Waals surface area (Å²) in [4.78, 5) is 13.7. The van der Waals surface area contributed by atoms with Crippen LogP contribution in [0, 0.1) is 5.82 Å². The second kappa shape index (κ2) is 6.62. The fraction of sp³-hybridized carbons (Fsp3) is 0.125. The Kier molecular flexibility index (Phi) is 3.77. The number of rotatable bonds is 4. The van der Waals surface area contributed by atoms with Crippen molar-refractivity contribution < 1.29 is 4.39 Å². The zero-order valence-electron chi connectivity index (χ0n) is 16.1. The van der Waals surface area contributed by atoms with Gasteiger partial charge in [0.05, 0.1) is 16.6 Å². The van der Waals surface area contributed by atoms with Crippen LogP contribution < -0.4 is 5.32 Å². The molecule has 30 heavy (non-hydrogen) atoms. The summed E-state index contributed by atoms with van der Waals surface area (Å²) < 4.78 is 16.5. The highest BCUT2D eigenvalue weighted by Gasteiger charge is 2.21. The zero-order chi connectivity index (χ0) is 20.1. The van der Waals surface area contributed by atoms with Crippen LogP contribution in [-0.4, -0.2) is 25.6 Å². The summed E-state index contributed by atoms with van der Waals surface area (Å²) in [5.41, 5.74) is 3.20. The van der Waals surface area contributed by atoms with Crippen molar-refractivity contribution in [2.24, 2.45) is 0 Å². The molecule has 2 aromatic carbocycles. The summed E-state index contributed by atoms with van der Waals surface area (Å²) in [6, 6.07) is 17.2. The van der Waals surface area contributed by atoms with Crippen molar-refractivity contribution in [3.8, 4) is 17.2 Å². The SMILES string of the molecule is Fc1ccccc1-c1nc(-n2ccc3cnccc32)c2cc(NC3CC3)ccc2n1. The smallest absolute Gasteiger partial charge is 0.165 e. The Balaban J connectivity index is 1.63. The van der Waals surface area contributed by atoms with Crippen LogP contribution in [0.15, 0.2) is 73.2 Å². The first kappa shape index (κ1) is 17.1. The van der Waals surface area contributed by atoms with Gasteiger partial charge in [0.15, 0.2) is 5.82 Å². The van der Waals surface area contributed by atoms with Crippen LogP contribution in [0.3, 0.4) is 0 Å². The van der Waals surface area contributed by atoms with Crippen LogP contribution >= 0.6 is 0 Å². The topological polar surface area (TPSA) is 55.6 Å². The Morgan fingerprint density at radius 1 is 1.00 bits per heavy atom. The molecule has 1 fully saturated rings. The first-order chi connectivity index (χ1) is 14.8. The van der Waals surface area contributed by atoms with Crippen molar-refractivity contribution in [2.45, 2.75) is 18.9 Å². The fourth-order valence-electron chi connectivity index (χ4n) is 3.78.